The van der Waals surface area contributed by atoms with Crippen molar-refractivity contribution in [2.75, 3.05) is 0 Å². The van der Waals surface area contributed by atoms with Crippen LogP contribution in [0, 0.1) is 5.82 Å². The van der Waals surface area contributed by atoms with Gasteiger partial charge in [0, 0.05) is 22.7 Å². The van der Waals surface area contributed by atoms with Crippen molar-refractivity contribution in [3.63, 3.8) is 0 Å². The third-order valence-electron chi connectivity index (χ3n) is 3.00. The maximum atomic E-state index is 13.6. The summed E-state index contributed by atoms with van der Waals surface area (Å²) in [4.78, 5) is 10.4. The van der Waals surface area contributed by atoms with Crippen molar-refractivity contribution in [2.24, 2.45) is 0 Å². The third kappa shape index (κ3) is 4.93. The Bertz CT molecular complexity index is 630. The molecule has 1 aromatic carbocycles. The number of carboxylic acids is 1. The van der Waals surface area contributed by atoms with Crippen LogP contribution in [0.5, 0.6) is 0 Å². The number of rotatable bonds is 7. The van der Waals surface area contributed by atoms with Crippen LogP contribution in [0.1, 0.15) is 30.5 Å². The highest BCUT2D eigenvalue weighted by atomic mass is 79.9. The molecule has 2 rings (SSSR count). The summed E-state index contributed by atoms with van der Waals surface area (Å²) in [6.45, 7) is 0.313. The minimum absolute atomic E-state index is 0.164. The zero-order chi connectivity index (χ0) is 15.2. The molecule has 0 bridgehead atoms. The van der Waals surface area contributed by atoms with E-state index in [0.29, 0.717) is 24.9 Å². The molecule has 0 atom stereocenters. The topological polar surface area (TPSA) is 68.0 Å². The molecule has 0 aliphatic rings. The van der Waals surface area contributed by atoms with Gasteiger partial charge in [0.05, 0.1) is 12.2 Å². The lowest BCUT2D eigenvalue weighted by molar-refractivity contribution is -0.137. The van der Waals surface area contributed by atoms with Crippen LogP contribution in [-0.2, 0) is 17.8 Å². The van der Waals surface area contributed by atoms with E-state index in [1.54, 1.807) is 23.0 Å². The van der Waals surface area contributed by atoms with Crippen LogP contribution in [-0.4, -0.2) is 26.1 Å². The summed E-state index contributed by atoms with van der Waals surface area (Å²) in [5.41, 5.74) is 1.32. The second kappa shape index (κ2) is 7.31. The first-order valence-corrected chi connectivity index (χ1v) is 7.38. The monoisotopic (exact) mass is 355 g/mol. The Labute approximate surface area is 129 Å². The second-order valence-corrected chi connectivity index (χ2v) is 5.66. The van der Waals surface area contributed by atoms with E-state index in [9.17, 15) is 9.18 Å². The van der Waals surface area contributed by atoms with Crippen molar-refractivity contribution in [1.82, 2.24) is 15.0 Å². The third-order valence-corrected chi connectivity index (χ3v) is 3.49. The number of aryl methyl sites for hydroxylation is 1. The molecule has 0 aliphatic heterocycles. The molecule has 1 aromatic heterocycles. The van der Waals surface area contributed by atoms with Gasteiger partial charge in [0.2, 0.25) is 0 Å². The second-order valence-electron chi connectivity index (χ2n) is 4.74. The molecular formula is C14H15BrFN3O2. The standard InChI is InChI=1S/C14H15BrFN3O2/c15-11-5-6-13(16)10(7-11)8-19-9-12(17-18-19)3-1-2-4-14(20)21/h5-7,9H,1-4,8H2,(H,20,21). The first kappa shape index (κ1) is 15.6. The molecule has 0 saturated heterocycles. The molecular weight excluding hydrogens is 341 g/mol. The highest BCUT2D eigenvalue weighted by Gasteiger charge is 2.07. The van der Waals surface area contributed by atoms with Crippen LogP contribution >= 0.6 is 15.9 Å². The highest BCUT2D eigenvalue weighted by Crippen LogP contribution is 2.16. The maximum absolute atomic E-state index is 13.6. The molecule has 0 spiro atoms. The van der Waals surface area contributed by atoms with Crippen LogP contribution in [0.3, 0.4) is 0 Å². The normalized spacial score (nSPS) is 10.8. The van der Waals surface area contributed by atoms with Crippen molar-refractivity contribution >= 4 is 21.9 Å². The Balaban J connectivity index is 1.91. The van der Waals surface area contributed by atoms with Gasteiger partial charge in [-0.05, 0) is 37.5 Å². The number of nitrogens with zero attached hydrogens (tertiary/aromatic N) is 3. The number of hydrogen-bond donors (Lipinski definition) is 1. The summed E-state index contributed by atoms with van der Waals surface area (Å²) in [5.74, 6) is -1.07. The molecule has 2 aromatic rings. The Morgan fingerprint density at radius 2 is 2.19 bits per heavy atom. The number of hydrogen-bond acceptors (Lipinski definition) is 3. The Morgan fingerprint density at radius 3 is 2.95 bits per heavy atom. The smallest absolute Gasteiger partial charge is 0.303 e. The van der Waals surface area contributed by atoms with E-state index >= 15 is 0 Å². The predicted molar refractivity (Wildman–Crippen MR) is 78.4 cm³/mol. The average molecular weight is 356 g/mol. The molecule has 0 unspecified atom stereocenters. The van der Waals surface area contributed by atoms with Gasteiger partial charge in [0.25, 0.3) is 0 Å². The highest BCUT2D eigenvalue weighted by molar-refractivity contribution is 9.10. The van der Waals surface area contributed by atoms with Gasteiger partial charge in [-0.2, -0.15) is 0 Å². The summed E-state index contributed by atoms with van der Waals surface area (Å²) in [7, 11) is 0. The number of carbonyl (C=O) groups is 1. The molecule has 0 fully saturated rings. The Morgan fingerprint density at radius 1 is 1.38 bits per heavy atom. The zero-order valence-corrected chi connectivity index (χ0v) is 12.9. The van der Waals surface area contributed by atoms with E-state index in [1.165, 1.54) is 6.07 Å². The molecule has 1 heterocycles. The van der Waals surface area contributed by atoms with Crippen LogP contribution in [0.4, 0.5) is 4.39 Å². The van der Waals surface area contributed by atoms with Gasteiger partial charge in [-0.15, -0.1) is 5.10 Å². The number of halogens is 2. The lowest BCUT2D eigenvalue weighted by Crippen LogP contribution is -2.02. The van der Waals surface area contributed by atoms with Crippen molar-refractivity contribution < 1.29 is 14.3 Å². The lowest BCUT2D eigenvalue weighted by Gasteiger charge is -2.03. The fourth-order valence-electron chi connectivity index (χ4n) is 1.95. The number of aliphatic carboxylic acids is 1. The molecule has 7 heteroatoms. The van der Waals surface area contributed by atoms with E-state index in [2.05, 4.69) is 26.2 Å². The summed E-state index contributed by atoms with van der Waals surface area (Å²) in [6, 6.07) is 4.76. The Hall–Kier alpha value is -1.76. The molecule has 1 N–H and O–H groups in total. The number of benzene rings is 1. The van der Waals surface area contributed by atoms with E-state index in [0.717, 1.165) is 16.6 Å². The molecule has 21 heavy (non-hydrogen) atoms. The molecule has 112 valence electrons. The molecule has 5 nitrogen and oxygen atoms in total. The molecule has 0 radical (unpaired) electrons. The Kier molecular flexibility index (Phi) is 5.44. The van der Waals surface area contributed by atoms with E-state index in [1.807, 2.05) is 0 Å². The van der Waals surface area contributed by atoms with E-state index in [-0.39, 0.29) is 12.2 Å². The van der Waals surface area contributed by atoms with Crippen molar-refractivity contribution in [3.8, 4) is 0 Å². The first-order valence-electron chi connectivity index (χ1n) is 6.59. The number of aromatic nitrogens is 3. The van der Waals surface area contributed by atoms with Gasteiger partial charge in [-0.25, -0.2) is 9.07 Å². The largest absolute Gasteiger partial charge is 0.481 e. The zero-order valence-electron chi connectivity index (χ0n) is 11.3. The van der Waals surface area contributed by atoms with Crippen LogP contribution in [0.2, 0.25) is 0 Å². The van der Waals surface area contributed by atoms with Crippen molar-refractivity contribution in [2.45, 2.75) is 32.2 Å². The van der Waals surface area contributed by atoms with Crippen molar-refractivity contribution in [3.05, 3.63) is 45.9 Å². The van der Waals surface area contributed by atoms with Crippen LogP contribution in [0.25, 0.3) is 0 Å². The summed E-state index contributed by atoms with van der Waals surface area (Å²) in [6.07, 6.45) is 3.96. The first-order chi connectivity index (χ1) is 10.0. The summed E-state index contributed by atoms with van der Waals surface area (Å²) in [5, 5.41) is 16.5. The van der Waals surface area contributed by atoms with Gasteiger partial charge in [0.1, 0.15) is 5.82 Å². The van der Waals surface area contributed by atoms with Gasteiger partial charge in [-0.1, -0.05) is 21.1 Å². The minimum Gasteiger partial charge on any atom is -0.481 e. The van der Waals surface area contributed by atoms with Crippen LogP contribution < -0.4 is 0 Å². The van der Waals surface area contributed by atoms with Gasteiger partial charge >= 0.3 is 5.97 Å². The summed E-state index contributed by atoms with van der Waals surface area (Å²) < 4.78 is 16.0. The quantitative estimate of drug-likeness (QED) is 0.775. The van der Waals surface area contributed by atoms with Gasteiger partial charge < -0.3 is 5.11 Å². The van der Waals surface area contributed by atoms with E-state index in [4.69, 9.17) is 5.11 Å². The van der Waals surface area contributed by atoms with Gasteiger partial charge in [0.15, 0.2) is 0 Å². The predicted octanol–water partition coefficient (Wildman–Crippen LogP) is 3.03. The molecule has 0 aliphatic carbocycles. The van der Waals surface area contributed by atoms with Crippen LogP contribution in [0.15, 0.2) is 28.9 Å². The average Bonchev–Trinajstić information content (AvgIpc) is 2.86. The molecule has 0 saturated carbocycles. The SMILES string of the molecule is O=C(O)CCCCc1cn(Cc2cc(Br)ccc2F)nn1. The number of carboxylic acid groups (broad SMARTS) is 1. The summed E-state index contributed by atoms with van der Waals surface area (Å²) >= 11 is 3.31. The lowest BCUT2D eigenvalue weighted by atomic mass is 10.1. The molecule has 0 amide bonds. The minimum atomic E-state index is -0.788. The fraction of sp³-hybridized carbons (Fsp3) is 0.357. The fourth-order valence-corrected chi connectivity index (χ4v) is 2.36. The van der Waals surface area contributed by atoms with E-state index < -0.39 is 5.97 Å². The van der Waals surface area contributed by atoms with Crippen molar-refractivity contribution in [1.29, 1.82) is 0 Å². The maximum Gasteiger partial charge on any atom is 0.303 e. The number of unbranched alkanes of at least 4 members (excludes halogenated alkanes) is 1. The van der Waals surface area contributed by atoms with Gasteiger partial charge in [-0.3, -0.25) is 4.79 Å².